The molecule has 0 aromatic carbocycles. The first-order valence-corrected chi connectivity index (χ1v) is 6.36. The summed E-state index contributed by atoms with van der Waals surface area (Å²) in [5.74, 6) is 1.90. The Labute approximate surface area is 99.3 Å². The molecule has 0 saturated carbocycles. The molecule has 0 bridgehead atoms. The van der Waals surface area contributed by atoms with Crippen LogP contribution in [0.1, 0.15) is 46.4 Å². The van der Waals surface area contributed by atoms with Crippen molar-refractivity contribution in [3.63, 3.8) is 0 Å². The molecule has 1 aromatic heterocycles. The van der Waals surface area contributed by atoms with Crippen molar-refractivity contribution < 1.29 is 0 Å². The van der Waals surface area contributed by atoms with Gasteiger partial charge in [0.2, 0.25) is 0 Å². The highest BCUT2D eigenvalue weighted by Gasteiger charge is 2.06. The van der Waals surface area contributed by atoms with Crippen LogP contribution in [0.5, 0.6) is 0 Å². The van der Waals surface area contributed by atoms with Gasteiger partial charge in [0.25, 0.3) is 0 Å². The smallest absolute Gasteiger partial charge is 0.122 e. The van der Waals surface area contributed by atoms with Crippen molar-refractivity contribution >= 4 is 0 Å². The Bertz CT molecular complexity index is 291. The molecule has 3 heteroatoms. The molecule has 1 heterocycles. The van der Waals surface area contributed by atoms with E-state index >= 15 is 0 Å². The van der Waals surface area contributed by atoms with Crippen LogP contribution in [0.4, 0.5) is 0 Å². The van der Waals surface area contributed by atoms with Gasteiger partial charge in [0.15, 0.2) is 0 Å². The molecule has 0 aliphatic heterocycles. The number of rotatable bonds is 7. The Hall–Kier alpha value is -0.830. The van der Waals surface area contributed by atoms with E-state index in [4.69, 9.17) is 0 Å². The molecule has 0 aliphatic carbocycles. The van der Waals surface area contributed by atoms with Gasteiger partial charge in [0.05, 0.1) is 6.54 Å². The third-order valence-electron chi connectivity index (χ3n) is 2.70. The lowest BCUT2D eigenvalue weighted by atomic mass is 10.1. The molecule has 3 nitrogen and oxygen atoms in total. The molecule has 1 N–H and O–H groups in total. The van der Waals surface area contributed by atoms with Gasteiger partial charge in [0, 0.05) is 25.0 Å². The molecule has 1 aromatic rings. The van der Waals surface area contributed by atoms with E-state index in [9.17, 15) is 0 Å². The van der Waals surface area contributed by atoms with E-state index in [2.05, 4.69) is 48.8 Å². The monoisotopic (exact) mass is 223 g/mol. The normalized spacial score (nSPS) is 13.3. The predicted octanol–water partition coefficient (Wildman–Crippen LogP) is 2.82. The second-order valence-electron chi connectivity index (χ2n) is 4.95. The molecule has 0 saturated heterocycles. The average Bonchev–Trinajstić information content (AvgIpc) is 2.62. The van der Waals surface area contributed by atoms with Crippen molar-refractivity contribution in [3.8, 4) is 0 Å². The van der Waals surface area contributed by atoms with Gasteiger partial charge >= 0.3 is 0 Å². The summed E-state index contributed by atoms with van der Waals surface area (Å²) in [4.78, 5) is 4.39. The zero-order chi connectivity index (χ0) is 12.0. The predicted molar refractivity (Wildman–Crippen MR) is 68.3 cm³/mol. The highest BCUT2D eigenvalue weighted by Crippen LogP contribution is 2.05. The molecular formula is C13H25N3. The van der Waals surface area contributed by atoms with E-state index in [1.165, 1.54) is 6.42 Å². The van der Waals surface area contributed by atoms with Crippen molar-refractivity contribution in [3.05, 3.63) is 18.2 Å². The van der Waals surface area contributed by atoms with Crippen LogP contribution in [0.15, 0.2) is 12.4 Å². The Morgan fingerprint density at radius 2 is 2.12 bits per heavy atom. The number of hydrogen-bond donors (Lipinski definition) is 1. The van der Waals surface area contributed by atoms with Gasteiger partial charge in [-0.25, -0.2) is 4.98 Å². The van der Waals surface area contributed by atoms with Crippen LogP contribution in [0.2, 0.25) is 0 Å². The number of hydrogen-bond acceptors (Lipinski definition) is 2. The molecule has 0 spiro atoms. The maximum absolute atomic E-state index is 4.39. The van der Waals surface area contributed by atoms with Crippen LogP contribution >= 0.6 is 0 Å². The fraction of sp³-hybridized carbons (Fsp3) is 0.769. The third-order valence-corrected chi connectivity index (χ3v) is 2.70. The zero-order valence-electron chi connectivity index (χ0n) is 11.0. The Morgan fingerprint density at radius 3 is 2.75 bits per heavy atom. The van der Waals surface area contributed by atoms with Crippen molar-refractivity contribution in [2.24, 2.45) is 5.92 Å². The van der Waals surface area contributed by atoms with Gasteiger partial charge in [-0.2, -0.15) is 0 Å². The maximum Gasteiger partial charge on any atom is 0.122 e. The second-order valence-corrected chi connectivity index (χ2v) is 4.95. The zero-order valence-corrected chi connectivity index (χ0v) is 11.0. The topological polar surface area (TPSA) is 29.9 Å². The van der Waals surface area contributed by atoms with Crippen molar-refractivity contribution in [1.82, 2.24) is 14.9 Å². The summed E-state index contributed by atoms with van der Waals surface area (Å²) in [6.45, 7) is 10.9. The molecule has 0 fully saturated rings. The molecular weight excluding hydrogens is 198 g/mol. The minimum Gasteiger partial charge on any atom is -0.334 e. The maximum atomic E-state index is 4.39. The quantitative estimate of drug-likeness (QED) is 0.770. The van der Waals surface area contributed by atoms with Crippen molar-refractivity contribution in [2.45, 2.75) is 59.7 Å². The minimum absolute atomic E-state index is 0.562. The number of aromatic nitrogens is 2. The van der Waals surface area contributed by atoms with Gasteiger partial charge in [-0.3, -0.25) is 0 Å². The number of nitrogens with one attached hydrogen (secondary N) is 1. The van der Waals surface area contributed by atoms with Gasteiger partial charge in [-0.15, -0.1) is 0 Å². The summed E-state index contributed by atoms with van der Waals surface area (Å²) in [5, 5.41) is 3.53. The van der Waals surface area contributed by atoms with E-state index in [1.807, 2.05) is 6.20 Å². The average molecular weight is 223 g/mol. The van der Waals surface area contributed by atoms with Gasteiger partial charge in [-0.05, 0) is 25.7 Å². The highest BCUT2D eigenvalue weighted by molar-refractivity contribution is 4.92. The van der Waals surface area contributed by atoms with E-state index in [-0.39, 0.29) is 0 Å². The lowest BCUT2D eigenvalue weighted by Crippen LogP contribution is -2.28. The molecule has 0 aliphatic rings. The van der Waals surface area contributed by atoms with Crippen molar-refractivity contribution in [1.29, 1.82) is 0 Å². The fourth-order valence-corrected chi connectivity index (χ4v) is 2.01. The van der Waals surface area contributed by atoms with Crippen LogP contribution in [-0.4, -0.2) is 15.6 Å². The first-order valence-electron chi connectivity index (χ1n) is 6.36. The summed E-state index contributed by atoms with van der Waals surface area (Å²) in [5.41, 5.74) is 0. The summed E-state index contributed by atoms with van der Waals surface area (Å²) in [6, 6.07) is 0.562. The number of aryl methyl sites for hydroxylation is 1. The van der Waals surface area contributed by atoms with Gasteiger partial charge in [0.1, 0.15) is 5.82 Å². The number of nitrogens with zero attached hydrogens (tertiary/aromatic N) is 2. The summed E-state index contributed by atoms with van der Waals surface area (Å²) in [7, 11) is 0. The first kappa shape index (κ1) is 13.2. The van der Waals surface area contributed by atoms with E-state index in [1.54, 1.807) is 0 Å². The molecule has 92 valence electrons. The van der Waals surface area contributed by atoms with E-state index in [0.717, 1.165) is 31.3 Å². The van der Waals surface area contributed by atoms with Crippen LogP contribution < -0.4 is 5.32 Å². The van der Waals surface area contributed by atoms with Crippen LogP contribution in [0, 0.1) is 5.92 Å². The molecule has 0 amide bonds. The number of imidazole rings is 1. The Balaban J connectivity index is 2.38. The van der Waals surface area contributed by atoms with E-state index < -0.39 is 0 Å². The molecule has 0 radical (unpaired) electrons. The van der Waals surface area contributed by atoms with Gasteiger partial charge < -0.3 is 9.88 Å². The highest BCUT2D eigenvalue weighted by atomic mass is 15.1. The van der Waals surface area contributed by atoms with Gasteiger partial charge in [-0.1, -0.05) is 20.8 Å². The fourth-order valence-electron chi connectivity index (χ4n) is 2.01. The first-order chi connectivity index (χ1) is 7.63. The van der Waals surface area contributed by atoms with Crippen molar-refractivity contribution in [2.75, 3.05) is 0 Å². The van der Waals surface area contributed by atoms with Crippen LogP contribution in [-0.2, 0) is 13.1 Å². The lowest BCUT2D eigenvalue weighted by Gasteiger charge is -2.16. The summed E-state index contributed by atoms with van der Waals surface area (Å²) >= 11 is 0. The van der Waals surface area contributed by atoms with E-state index in [0.29, 0.717) is 6.04 Å². The lowest BCUT2D eigenvalue weighted by molar-refractivity contribution is 0.431. The molecule has 1 atom stereocenters. The minimum atomic E-state index is 0.562. The standard InChI is InChI=1S/C13H25N3/c1-5-7-16-8-6-14-13(16)10-15-12(4)9-11(2)3/h6,8,11-12,15H,5,7,9-10H2,1-4H3. The SMILES string of the molecule is CCCn1ccnc1CNC(C)CC(C)C. The summed E-state index contributed by atoms with van der Waals surface area (Å²) < 4.78 is 2.23. The molecule has 1 unspecified atom stereocenters. The summed E-state index contributed by atoms with van der Waals surface area (Å²) in [6.07, 6.45) is 6.33. The molecule has 1 rings (SSSR count). The second kappa shape index (κ2) is 6.69. The largest absolute Gasteiger partial charge is 0.334 e. The Kier molecular flexibility index (Phi) is 5.53. The third kappa shape index (κ3) is 4.35. The molecule has 16 heavy (non-hydrogen) atoms. The van der Waals surface area contributed by atoms with Crippen LogP contribution in [0.25, 0.3) is 0 Å². The Morgan fingerprint density at radius 1 is 1.38 bits per heavy atom. The van der Waals surface area contributed by atoms with Crippen LogP contribution in [0.3, 0.4) is 0 Å².